The van der Waals surface area contributed by atoms with Crippen LogP contribution in [0.2, 0.25) is 0 Å². The first-order valence-electron chi connectivity index (χ1n) is 7.44. The molecule has 3 aromatic heterocycles. The van der Waals surface area contributed by atoms with Gasteiger partial charge in [-0.1, -0.05) is 17.4 Å². The van der Waals surface area contributed by atoms with Gasteiger partial charge in [0.05, 0.1) is 4.88 Å². The lowest BCUT2D eigenvalue weighted by atomic mass is 10.2. The molecule has 0 saturated carbocycles. The van der Waals surface area contributed by atoms with Crippen LogP contribution in [0.3, 0.4) is 0 Å². The summed E-state index contributed by atoms with van der Waals surface area (Å²) in [6.07, 6.45) is 0.732. The van der Waals surface area contributed by atoms with E-state index in [0.717, 1.165) is 21.4 Å². The third kappa shape index (κ3) is 4.08. The van der Waals surface area contributed by atoms with Gasteiger partial charge in [-0.2, -0.15) is 0 Å². The molecule has 24 heavy (non-hydrogen) atoms. The van der Waals surface area contributed by atoms with Gasteiger partial charge in [-0.3, -0.25) is 4.79 Å². The number of carbonyl (C=O) groups is 1. The van der Waals surface area contributed by atoms with Gasteiger partial charge < -0.3 is 14.5 Å². The molecular weight excluding hydrogens is 346 g/mol. The van der Waals surface area contributed by atoms with E-state index in [1.165, 1.54) is 11.3 Å². The number of methoxy groups -OCH3 is 1. The number of anilines is 1. The monoisotopic (exact) mass is 363 g/mol. The van der Waals surface area contributed by atoms with Crippen LogP contribution >= 0.6 is 22.7 Å². The smallest absolute Gasteiger partial charge is 0.226 e. The summed E-state index contributed by atoms with van der Waals surface area (Å²) in [6, 6.07) is 7.83. The van der Waals surface area contributed by atoms with Crippen LogP contribution in [-0.4, -0.2) is 23.2 Å². The Kier molecular flexibility index (Phi) is 5.39. The van der Waals surface area contributed by atoms with E-state index < -0.39 is 0 Å². The minimum absolute atomic E-state index is 0.114. The first-order chi connectivity index (χ1) is 11.7. The average molecular weight is 363 g/mol. The first-order valence-corrected chi connectivity index (χ1v) is 9.14. The Labute approximate surface area is 147 Å². The van der Waals surface area contributed by atoms with Crippen LogP contribution in [0, 0.1) is 0 Å². The lowest BCUT2D eigenvalue weighted by molar-refractivity contribution is -0.116. The molecule has 8 heteroatoms. The van der Waals surface area contributed by atoms with Crippen molar-refractivity contribution in [2.45, 2.75) is 25.9 Å². The Morgan fingerprint density at radius 3 is 3.00 bits per heavy atom. The fourth-order valence-corrected chi connectivity index (χ4v) is 3.51. The highest BCUT2D eigenvalue weighted by Gasteiger charge is 2.13. The van der Waals surface area contributed by atoms with E-state index in [1.807, 2.05) is 36.6 Å². The molecule has 0 radical (unpaired) electrons. The molecule has 3 rings (SSSR count). The van der Waals surface area contributed by atoms with Crippen molar-refractivity contribution in [2.75, 3.05) is 12.4 Å². The second-order valence-corrected chi connectivity index (χ2v) is 7.07. The SMILES string of the molecule is COC(C)c1nnc(NC(=O)CCc2ccc(-c3cccs3)o2)s1. The van der Waals surface area contributed by atoms with Crippen molar-refractivity contribution >= 4 is 33.7 Å². The summed E-state index contributed by atoms with van der Waals surface area (Å²) in [7, 11) is 1.61. The molecule has 1 atom stereocenters. The third-order valence-corrected chi connectivity index (χ3v) is 5.30. The molecule has 0 saturated heterocycles. The lowest BCUT2D eigenvalue weighted by Crippen LogP contribution is -2.11. The lowest BCUT2D eigenvalue weighted by Gasteiger charge is -2.02. The Morgan fingerprint density at radius 1 is 1.38 bits per heavy atom. The number of nitrogens with one attached hydrogen (secondary N) is 1. The number of ether oxygens (including phenoxy) is 1. The Hall–Kier alpha value is -2.03. The highest BCUT2D eigenvalue weighted by Crippen LogP contribution is 2.27. The van der Waals surface area contributed by atoms with E-state index in [0.29, 0.717) is 18.0 Å². The van der Waals surface area contributed by atoms with Crippen molar-refractivity contribution in [1.82, 2.24) is 10.2 Å². The van der Waals surface area contributed by atoms with Gasteiger partial charge in [-0.15, -0.1) is 21.5 Å². The van der Waals surface area contributed by atoms with E-state index in [2.05, 4.69) is 15.5 Å². The second kappa shape index (κ2) is 7.69. The van der Waals surface area contributed by atoms with E-state index in [9.17, 15) is 4.79 Å². The maximum absolute atomic E-state index is 12.0. The number of furan rings is 1. The number of hydrogen-bond acceptors (Lipinski definition) is 7. The zero-order valence-electron chi connectivity index (χ0n) is 13.3. The predicted octanol–water partition coefficient (Wildman–Crippen LogP) is 4.14. The number of rotatable bonds is 7. The molecule has 0 bridgehead atoms. The Balaban J connectivity index is 1.51. The van der Waals surface area contributed by atoms with Gasteiger partial charge in [0.15, 0.2) is 0 Å². The zero-order chi connectivity index (χ0) is 16.9. The van der Waals surface area contributed by atoms with Crippen LogP contribution in [0.25, 0.3) is 10.6 Å². The van der Waals surface area contributed by atoms with Crippen molar-refractivity contribution in [3.8, 4) is 10.6 Å². The molecule has 0 aliphatic heterocycles. The minimum atomic E-state index is -0.132. The summed E-state index contributed by atoms with van der Waals surface area (Å²) in [5.41, 5.74) is 0. The summed E-state index contributed by atoms with van der Waals surface area (Å²) in [4.78, 5) is 13.1. The van der Waals surface area contributed by atoms with Crippen LogP contribution in [0.1, 0.15) is 30.2 Å². The molecule has 1 amide bonds. The summed E-state index contributed by atoms with van der Waals surface area (Å²) >= 11 is 2.94. The molecule has 0 fully saturated rings. The zero-order valence-corrected chi connectivity index (χ0v) is 14.9. The van der Waals surface area contributed by atoms with E-state index in [-0.39, 0.29) is 12.0 Å². The van der Waals surface area contributed by atoms with E-state index >= 15 is 0 Å². The average Bonchev–Trinajstić information content (AvgIpc) is 3.32. The highest BCUT2D eigenvalue weighted by molar-refractivity contribution is 7.15. The number of aromatic nitrogens is 2. The largest absolute Gasteiger partial charge is 0.460 e. The number of amides is 1. The number of aryl methyl sites for hydroxylation is 1. The van der Waals surface area contributed by atoms with Gasteiger partial charge in [0, 0.05) is 20.0 Å². The van der Waals surface area contributed by atoms with Crippen LogP contribution in [0.15, 0.2) is 34.1 Å². The summed E-state index contributed by atoms with van der Waals surface area (Å²) in [5.74, 6) is 1.51. The molecular formula is C16H17N3O3S2. The van der Waals surface area contributed by atoms with Gasteiger partial charge in [-0.25, -0.2) is 0 Å². The van der Waals surface area contributed by atoms with Crippen LogP contribution in [-0.2, 0) is 16.0 Å². The second-order valence-electron chi connectivity index (χ2n) is 5.11. The summed E-state index contributed by atoms with van der Waals surface area (Å²) in [5, 5.41) is 13.9. The molecule has 126 valence electrons. The third-order valence-electron chi connectivity index (χ3n) is 3.41. The van der Waals surface area contributed by atoms with Gasteiger partial charge in [0.1, 0.15) is 22.6 Å². The number of hydrogen-bond donors (Lipinski definition) is 1. The summed E-state index contributed by atoms with van der Waals surface area (Å²) < 4.78 is 10.9. The van der Waals surface area contributed by atoms with Crippen molar-refractivity contribution in [2.24, 2.45) is 0 Å². The van der Waals surface area contributed by atoms with Crippen molar-refractivity contribution < 1.29 is 13.9 Å². The number of carbonyl (C=O) groups excluding carboxylic acids is 1. The molecule has 1 unspecified atom stereocenters. The number of nitrogens with zero attached hydrogens (tertiary/aromatic N) is 2. The Morgan fingerprint density at radius 2 is 2.25 bits per heavy atom. The van der Waals surface area contributed by atoms with Crippen molar-refractivity contribution in [3.05, 3.63) is 40.4 Å². The van der Waals surface area contributed by atoms with Crippen LogP contribution < -0.4 is 5.32 Å². The van der Waals surface area contributed by atoms with Crippen LogP contribution in [0.4, 0.5) is 5.13 Å². The topological polar surface area (TPSA) is 77.3 Å². The van der Waals surface area contributed by atoms with Gasteiger partial charge >= 0.3 is 0 Å². The van der Waals surface area contributed by atoms with E-state index in [1.54, 1.807) is 18.4 Å². The molecule has 0 aromatic carbocycles. The van der Waals surface area contributed by atoms with Gasteiger partial charge in [0.25, 0.3) is 0 Å². The molecule has 3 heterocycles. The van der Waals surface area contributed by atoms with Crippen molar-refractivity contribution in [1.29, 1.82) is 0 Å². The number of thiophene rings is 1. The normalized spacial score (nSPS) is 12.2. The highest BCUT2D eigenvalue weighted by atomic mass is 32.1. The molecule has 0 spiro atoms. The first kappa shape index (κ1) is 16.8. The van der Waals surface area contributed by atoms with Crippen molar-refractivity contribution in [3.63, 3.8) is 0 Å². The minimum Gasteiger partial charge on any atom is -0.460 e. The van der Waals surface area contributed by atoms with Crippen LogP contribution in [0.5, 0.6) is 0 Å². The molecule has 0 aliphatic rings. The van der Waals surface area contributed by atoms with Gasteiger partial charge in [0.2, 0.25) is 11.0 Å². The summed E-state index contributed by atoms with van der Waals surface area (Å²) in [6.45, 7) is 1.88. The maximum atomic E-state index is 12.0. The fraction of sp³-hybridized carbons (Fsp3) is 0.312. The standard InChI is InChI=1S/C16H17N3O3S2/c1-10(21-2)15-18-19-16(24-15)17-14(20)8-6-11-5-7-12(22-11)13-4-3-9-23-13/h3-5,7,9-10H,6,8H2,1-2H3,(H,17,19,20). The quantitative estimate of drug-likeness (QED) is 0.683. The van der Waals surface area contributed by atoms with E-state index in [4.69, 9.17) is 9.15 Å². The predicted molar refractivity (Wildman–Crippen MR) is 94.3 cm³/mol. The Bertz CT molecular complexity index is 795. The molecule has 0 aliphatic carbocycles. The fourth-order valence-electron chi connectivity index (χ4n) is 2.03. The molecule has 3 aromatic rings. The molecule has 1 N–H and O–H groups in total. The molecule has 6 nitrogen and oxygen atoms in total. The maximum Gasteiger partial charge on any atom is 0.226 e. The van der Waals surface area contributed by atoms with Gasteiger partial charge in [-0.05, 0) is 30.5 Å².